The van der Waals surface area contributed by atoms with Gasteiger partial charge in [-0.15, -0.1) is 0 Å². The molecule has 1 heterocycles. The number of nitrogens with zero attached hydrogens (tertiary/aromatic N) is 1. The highest BCUT2D eigenvalue weighted by Crippen LogP contribution is 2.33. The van der Waals surface area contributed by atoms with Crippen LogP contribution >= 0.6 is 15.9 Å². The molecule has 0 aromatic heterocycles. The quantitative estimate of drug-likeness (QED) is 0.835. The molecule has 1 aromatic carbocycles. The summed E-state index contributed by atoms with van der Waals surface area (Å²) < 4.78 is 13.8. The van der Waals surface area contributed by atoms with Crippen molar-refractivity contribution in [3.05, 3.63) is 22.4 Å². The standard InChI is InChI=1S/C14H20BrFN2/c1-9(2)10-3-5-18(6-4-10)14-7-11(15)12(16)8-13(14)17/h7-10H,3-6,17H2,1-2H3. The Balaban J connectivity index is 2.12. The van der Waals surface area contributed by atoms with Gasteiger partial charge in [0.15, 0.2) is 0 Å². The minimum Gasteiger partial charge on any atom is -0.397 e. The molecule has 4 heteroatoms. The molecule has 2 rings (SSSR count). The van der Waals surface area contributed by atoms with Gasteiger partial charge in [-0.05, 0) is 46.7 Å². The summed E-state index contributed by atoms with van der Waals surface area (Å²) in [5.41, 5.74) is 7.39. The van der Waals surface area contributed by atoms with Crippen molar-refractivity contribution >= 4 is 27.3 Å². The molecule has 2 nitrogen and oxygen atoms in total. The first-order valence-electron chi connectivity index (χ1n) is 6.48. The van der Waals surface area contributed by atoms with Gasteiger partial charge in [-0.3, -0.25) is 0 Å². The number of hydrogen-bond acceptors (Lipinski definition) is 2. The van der Waals surface area contributed by atoms with Crippen molar-refractivity contribution in [2.24, 2.45) is 11.8 Å². The lowest BCUT2D eigenvalue weighted by molar-refractivity contribution is 0.311. The molecule has 100 valence electrons. The fraction of sp³-hybridized carbons (Fsp3) is 0.571. The lowest BCUT2D eigenvalue weighted by atomic mass is 9.86. The van der Waals surface area contributed by atoms with Crippen LogP contribution in [-0.2, 0) is 0 Å². The summed E-state index contributed by atoms with van der Waals surface area (Å²) in [6, 6.07) is 3.19. The summed E-state index contributed by atoms with van der Waals surface area (Å²) in [7, 11) is 0. The number of rotatable bonds is 2. The number of piperidine rings is 1. The fourth-order valence-corrected chi connectivity index (χ4v) is 2.96. The number of anilines is 2. The average Bonchev–Trinajstić information content (AvgIpc) is 2.34. The molecule has 0 bridgehead atoms. The highest BCUT2D eigenvalue weighted by molar-refractivity contribution is 9.10. The fourth-order valence-electron chi connectivity index (χ4n) is 2.63. The maximum atomic E-state index is 13.3. The summed E-state index contributed by atoms with van der Waals surface area (Å²) in [5, 5.41) is 0. The smallest absolute Gasteiger partial charge is 0.139 e. The molecular formula is C14H20BrFN2. The van der Waals surface area contributed by atoms with E-state index in [1.165, 1.54) is 18.9 Å². The molecule has 1 aliphatic heterocycles. The molecule has 1 fully saturated rings. The van der Waals surface area contributed by atoms with Crippen molar-refractivity contribution in [3.8, 4) is 0 Å². The maximum absolute atomic E-state index is 13.3. The zero-order valence-corrected chi connectivity index (χ0v) is 12.5. The van der Waals surface area contributed by atoms with Crippen molar-refractivity contribution in [2.45, 2.75) is 26.7 Å². The highest BCUT2D eigenvalue weighted by Gasteiger charge is 2.23. The van der Waals surface area contributed by atoms with Gasteiger partial charge in [0.1, 0.15) is 5.82 Å². The van der Waals surface area contributed by atoms with E-state index in [9.17, 15) is 4.39 Å². The first kappa shape index (κ1) is 13.7. The van der Waals surface area contributed by atoms with Crippen LogP contribution in [0.1, 0.15) is 26.7 Å². The Morgan fingerprint density at radius 1 is 1.33 bits per heavy atom. The van der Waals surface area contributed by atoms with Crippen LogP contribution in [0.15, 0.2) is 16.6 Å². The van der Waals surface area contributed by atoms with Crippen molar-refractivity contribution in [1.29, 1.82) is 0 Å². The van der Waals surface area contributed by atoms with Gasteiger partial charge in [-0.1, -0.05) is 13.8 Å². The van der Waals surface area contributed by atoms with Crippen molar-refractivity contribution in [2.75, 3.05) is 23.7 Å². The van der Waals surface area contributed by atoms with E-state index in [1.807, 2.05) is 0 Å². The largest absolute Gasteiger partial charge is 0.397 e. The lowest BCUT2D eigenvalue weighted by Crippen LogP contribution is -2.35. The molecule has 1 aliphatic rings. The number of nitrogens with two attached hydrogens (primary N) is 1. The SMILES string of the molecule is CC(C)C1CCN(c2cc(Br)c(F)cc2N)CC1. The molecule has 0 amide bonds. The Labute approximate surface area is 116 Å². The van der Waals surface area contributed by atoms with E-state index in [0.29, 0.717) is 10.2 Å². The van der Waals surface area contributed by atoms with Gasteiger partial charge in [0, 0.05) is 19.2 Å². The first-order valence-corrected chi connectivity index (χ1v) is 7.27. The summed E-state index contributed by atoms with van der Waals surface area (Å²) >= 11 is 3.22. The predicted octanol–water partition coefficient (Wildman–Crippen LogP) is 4.04. The second-order valence-corrected chi connectivity index (χ2v) is 6.25. The highest BCUT2D eigenvalue weighted by atomic mass is 79.9. The third-order valence-electron chi connectivity index (χ3n) is 3.89. The number of hydrogen-bond donors (Lipinski definition) is 1. The number of halogens is 2. The molecule has 0 unspecified atom stereocenters. The van der Waals surface area contributed by atoms with Crippen LogP contribution in [0.3, 0.4) is 0 Å². The maximum Gasteiger partial charge on any atom is 0.139 e. The first-order chi connectivity index (χ1) is 8.49. The van der Waals surface area contributed by atoms with Crippen molar-refractivity contribution in [1.82, 2.24) is 0 Å². The Kier molecular flexibility index (Phi) is 4.15. The van der Waals surface area contributed by atoms with Gasteiger partial charge in [-0.25, -0.2) is 4.39 Å². The van der Waals surface area contributed by atoms with Gasteiger partial charge in [-0.2, -0.15) is 0 Å². The topological polar surface area (TPSA) is 29.3 Å². The predicted molar refractivity (Wildman–Crippen MR) is 78.3 cm³/mol. The van der Waals surface area contributed by atoms with Gasteiger partial charge in [0.05, 0.1) is 15.8 Å². The van der Waals surface area contributed by atoms with E-state index in [1.54, 1.807) is 6.07 Å². The Morgan fingerprint density at radius 2 is 1.94 bits per heavy atom. The molecular weight excluding hydrogens is 295 g/mol. The van der Waals surface area contributed by atoms with Crippen LogP contribution in [0.2, 0.25) is 0 Å². The van der Waals surface area contributed by atoms with E-state index in [2.05, 4.69) is 34.7 Å². The zero-order chi connectivity index (χ0) is 13.3. The molecule has 0 spiro atoms. The average molecular weight is 315 g/mol. The van der Waals surface area contributed by atoms with Gasteiger partial charge < -0.3 is 10.6 Å². The number of benzene rings is 1. The Hall–Kier alpha value is -0.770. The van der Waals surface area contributed by atoms with Gasteiger partial charge in [0.25, 0.3) is 0 Å². The van der Waals surface area contributed by atoms with E-state index in [4.69, 9.17) is 5.73 Å². The summed E-state index contributed by atoms with van der Waals surface area (Å²) in [6.07, 6.45) is 2.37. The normalized spacial score (nSPS) is 17.5. The minimum absolute atomic E-state index is 0.298. The van der Waals surface area contributed by atoms with E-state index in [0.717, 1.165) is 30.6 Å². The van der Waals surface area contributed by atoms with Crippen LogP contribution in [0.4, 0.5) is 15.8 Å². The Morgan fingerprint density at radius 3 is 2.50 bits per heavy atom. The monoisotopic (exact) mass is 314 g/mol. The summed E-state index contributed by atoms with van der Waals surface area (Å²) in [6.45, 7) is 6.57. The minimum atomic E-state index is -0.298. The summed E-state index contributed by atoms with van der Waals surface area (Å²) in [5.74, 6) is 1.24. The molecule has 0 saturated carbocycles. The van der Waals surface area contributed by atoms with Gasteiger partial charge >= 0.3 is 0 Å². The van der Waals surface area contributed by atoms with Crippen molar-refractivity contribution < 1.29 is 4.39 Å². The second kappa shape index (κ2) is 5.47. The van der Waals surface area contributed by atoms with Crippen LogP contribution in [0, 0.1) is 17.7 Å². The molecule has 1 aromatic rings. The van der Waals surface area contributed by atoms with E-state index in [-0.39, 0.29) is 5.82 Å². The lowest BCUT2D eigenvalue weighted by Gasteiger charge is -2.36. The third kappa shape index (κ3) is 2.79. The van der Waals surface area contributed by atoms with Crippen LogP contribution in [0.5, 0.6) is 0 Å². The molecule has 1 saturated heterocycles. The number of nitrogen functional groups attached to an aromatic ring is 1. The van der Waals surface area contributed by atoms with Crippen LogP contribution < -0.4 is 10.6 Å². The zero-order valence-electron chi connectivity index (χ0n) is 10.9. The van der Waals surface area contributed by atoms with E-state index < -0.39 is 0 Å². The van der Waals surface area contributed by atoms with Crippen LogP contribution in [0.25, 0.3) is 0 Å². The second-order valence-electron chi connectivity index (χ2n) is 5.39. The Bertz CT molecular complexity index is 426. The molecule has 0 aliphatic carbocycles. The third-order valence-corrected chi connectivity index (χ3v) is 4.50. The van der Waals surface area contributed by atoms with Gasteiger partial charge in [0.2, 0.25) is 0 Å². The van der Waals surface area contributed by atoms with E-state index >= 15 is 0 Å². The van der Waals surface area contributed by atoms with Crippen LogP contribution in [-0.4, -0.2) is 13.1 Å². The molecule has 0 radical (unpaired) electrons. The molecule has 0 atom stereocenters. The van der Waals surface area contributed by atoms with Crippen molar-refractivity contribution in [3.63, 3.8) is 0 Å². The summed E-state index contributed by atoms with van der Waals surface area (Å²) in [4.78, 5) is 2.26. The molecule has 18 heavy (non-hydrogen) atoms. The molecule has 2 N–H and O–H groups in total.